The van der Waals surface area contributed by atoms with E-state index in [0.717, 1.165) is 0 Å². The first-order valence-corrected chi connectivity index (χ1v) is 24.6. The number of phenolic OH excluding ortho intramolecular Hbond substituents is 1. The van der Waals surface area contributed by atoms with Gasteiger partial charge in [-0.2, -0.15) is 0 Å². The maximum Gasteiger partial charge on any atom is 0.326 e. The Bertz CT molecular complexity index is 2150. The number of rotatable bonds is 37. The number of nitrogens with two attached hydrogens (primary N) is 7. The van der Waals surface area contributed by atoms with E-state index in [9.17, 15) is 53.4 Å². The van der Waals surface area contributed by atoms with Crippen LogP contribution in [-0.4, -0.2) is 144 Å². The standard InChI is InChI=1S/C48H77N15O11/c49-21-7-4-13-34(43(69)62-38(26-30-17-19-31(64)20-18-30)46(72)61-36(47(73)74)15-6-9-23-51)58-40(66)28-57-42(68)33(16-10-24-56-48(54)55)60-45(71)37(25-29-11-2-1-3-12-29)63-44(70)35(14-5-8-22-50)59-41(67)32(52)27-39(53)65/h1-3,11-12,17-20,32-38,64H,4-10,13-16,21-28,49-52H2,(H2,53,65)(H,57,68)(H,58,66)(H,59,67)(H,60,71)(H,61,72)(H,62,69)(H,63,70)(H,73,74)(H4,54,55,56)/t32-,33-,34-,35-,36-,37-,38-/m0/s1. The molecule has 23 N–H and O–H groups in total. The molecule has 7 atom stereocenters. The van der Waals surface area contributed by atoms with Gasteiger partial charge >= 0.3 is 5.97 Å². The first-order chi connectivity index (χ1) is 35.3. The molecule has 2 aromatic rings. The normalized spacial score (nSPS) is 13.7. The van der Waals surface area contributed by atoms with Crippen molar-refractivity contribution in [3.8, 4) is 5.75 Å². The quantitative estimate of drug-likeness (QED) is 0.0174. The van der Waals surface area contributed by atoms with Crippen molar-refractivity contribution >= 4 is 59.2 Å². The van der Waals surface area contributed by atoms with E-state index in [1.165, 1.54) is 24.3 Å². The number of carboxylic acids is 1. The molecule has 0 aromatic heterocycles. The van der Waals surface area contributed by atoms with E-state index in [4.69, 9.17) is 40.1 Å². The van der Waals surface area contributed by atoms with Crippen LogP contribution in [0.5, 0.6) is 5.75 Å². The van der Waals surface area contributed by atoms with Crippen LogP contribution in [0, 0.1) is 0 Å². The van der Waals surface area contributed by atoms with Crippen LogP contribution in [0.2, 0.25) is 0 Å². The van der Waals surface area contributed by atoms with Gasteiger partial charge in [-0.15, -0.1) is 0 Å². The van der Waals surface area contributed by atoms with Gasteiger partial charge in [-0.05, 0) is 114 Å². The monoisotopic (exact) mass is 1040 g/mol. The van der Waals surface area contributed by atoms with Crippen molar-refractivity contribution in [2.45, 2.75) is 132 Å². The third kappa shape index (κ3) is 25.3. The number of carbonyl (C=O) groups excluding carboxylic acids is 8. The Balaban J connectivity index is 2.38. The number of hydrogen-bond donors (Lipinski definition) is 16. The molecule has 0 aliphatic heterocycles. The number of benzene rings is 2. The van der Waals surface area contributed by atoms with E-state index in [-0.39, 0.29) is 69.7 Å². The number of primary amides is 1. The second-order valence-corrected chi connectivity index (χ2v) is 17.6. The Morgan fingerprint density at radius 3 is 1.41 bits per heavy atom. The van der Waals surface area contributed by atoms with Gasteiger partial charge in [0.1, 0.15) is 42.0 Å². The average Bonchev–Trinajstić information content (AvgIpc) is 3.35. The van der Waals surface area contributed by atoms with Crippen molar-refractivity contribution < 1.29 is 53.4 Å². The highest BCUT2D eigenvalue weighted by atomic mass is 16.4. The van der Waals surface area contributed by atoms with Crippen molar-refractivity contribution in [1.29, 1.82) is 0 Å². The topological polar surface area (TPSA) is 473 Å². The molecule has 0 saturated heterocycles. The zero-order valence-corrected chi connectivity index (χ0v) is 41.7. The fourth-order valence-electron chi connectivity index (χ4n) is 7.40. The molecule has 0 fully saturated rings. The summed E-state index contributed by atoms with van der Waals surface area (Å²) in [4.78, 5) is 124. The molecule has 2 aromatic carbocycles. The Labute approximate surface area is 430 Å². The van der Waals surface area contributed by atoms with Crippen LogP contribution in [0.3, 0.4) is 0 Å². The van der Waals surface area contributed by atoms with Gasteiger partial charge in [0.05, 0.1) is 19.0 Å². The van der Waals surface area contributed by atoms with E-state index in [1.54, 1.807) is 30.3 Å². The summed E-state index contributed by atoms with van der Waals surface area (Å²) in [5.74, 6) is -8.13. The zero-order valence-electron chi connectivity index (χ0n) is 41.7. The van der Waals surface area contributed by atoms with Gasteiger partial charge in [-0.1, -0.05) is 42.5 Å². The molecule has 8 amide bonds. The van der Waals surface area contributed by atoms with Gasteiger partial charge in [0.25, 0.3) is 0 Å². The smallest absolute Gasteiger partial charge is 0.326 e. The van der Waals surface area contributed by atoms with Gasteiger partial charge in [0, 0.05) is 19.4 Å². The molecule has 0 radical (unpaired) electrons. The highest BCUT2D eigenvalue weighted by Crippen LogP contribution is 2.14. The minimum Gasteiger partial charge on any atom is -0.508 e. The minimum absolute atomic E-state index is 0.0445. The summed E-state index contributed by atoms with van der Waals surface area (Å²) in [5, 5.41) is 37.7. The number of aromatic hydroxyl groups is 1. The summed E-state index contributed by atoms with van der Waals surface area (Å²) in [5.41, 5.74) is 40.1. The predicted molar refractivity (Wildman–Crippen MR) is 275 cm³/mol. The number of guanidine groups is 1. The molecule has 2 rings (SSSR count). The summed E-state index contributed by atoms with van der Waals surface area (Å²) in [6.07, 6.45) is 2.22. The van der Waals surface area contributed by atoms with Gasteiger partial charge in [0.15, 0.2) is 5.96 Å². The first kappa shape index (κ1) is 62.7. The minimum atomic E-state index is -1.36. The molecule has 0 saturated carbocycles. The molecule has 0 heterocycles. The fraction of sp³-hybridized carbons (Fsp3) is 0.542. The molecule has 0 aliphatic rings. The number of unbranched alkanes of at least 4 members (excludes halogenated alkanes) is 3. The highest BCUT2D eigenvalue weighted by Gasteiger charge is 2.33. The number of carboxylic acid groups (broad SMARTS) is 1. The lowest BCUT2D eigenvalue weighted by molar-refractivity contribution is -0.142. The average molecular weight is 1040 g/mol. The number of nitrogens with zero attached hydrogens (tertiary/aromatic N) is 1. The van der Waals surface area contributed by atoms with Crippen molar-refractivity contribution in [2.24, 2.45) is 45.1 Å². The number of aliphatic imine (C=N–C) groups is 1. The Hall–Kier alpha value is -7.42. The molecular weight excluding hydrogens is 963 g/mol. The SMILES string of the molecule is NCCCC[C@H](NC(=O)[C@H](Cc1ccc(O)cc1)NC(=O)[C@H](CCCCN)NC(=O)CNC(=O)[C@H](CCCN=C(N)N)NC(=O)[C@H](Cc1ccccc1)NC(=O)[C@H](CCCCN)NC(=O)[C@@H](N)CC(N)=O)C(=O)O. The van der Waals surface area contributed by atoms with Crippen LogP contribution in [0.1, 0.15) is 88.2 Å². The number of amides is 8. The summed E-state index contributed by atoms with van der Waals surface area (Å²) >= 11 is 0. The molecule has 410 valence electrons. The van der Waals surface area contributed by atoms with Gasteiger partial charge in [-0.3, -0.25) is 43.3 Å². The zero-order chi connectivity index (χ0) is 55.0. The van der Waals surface area contributed by atoms with Crippen molar-refractivity contribution in [2.75, 3.05) is 32.7 Å². The number of aliphatic carboxylic acids is 1. The molecule has 26 nitrogen and oxygen atoms in total. The summed E-state index contributed by atoms with van der Waals surface area (Å²) in [6, 6.07) is 5.23. The van der Waals surface area contributed by atoms with E-state index >= 15 is 0 Å². The predicted octanol–water partition coefficient (Wildman–Crippen LogP) is -4.07. The second kappa shape index (κ2) is 34.9. The molecule has 0 aliphatic carbocycles. The summed E-state index contributed by atoms with van der Waals surface area (Å²) in [7, 11) is 0. The lowest BCUT2D eigenvalue weighted by Gasteiger charge is -2.26. The number of hydrogen-bond acceptors (Lipinski definition) is 15. The van der Waals surface area contributed by atoms with Gasteiger partial charge in [0.2, 0.25) is 47.3 Å². The van der Waals surface area contributed by atoms with Crippen molar-refractivity contribution in [3.05, 3.63) is 65.7 Å². The second-order valence-electron chi connectivity index (χ2n) is 17.6. The largest absolute Gasteiger partial charge is 0.508 e. The Kier molecular flexibility index (Phi) is 29.5. The van der Waals surface area contributed by atoms with Gasteiger partial charge in [-0.25, -0.2) is 4.79 Å². The van der Waals surface area contributed by atoms with Crippen LogP contribution in [0.15, 0.2) is 59.6 Å². The van der Waals surface area contributed by atoms with Crippen molar-refractivity contribution in [1.82, 2.24) is 37.2 Å². The van der Waals surface area contributed by atoms with Crippen LogP contribution < -0.4 is 77.4 Å². The third-order valence-corrected chi connectivity index (χ3v) is 11.4. The fourth-order valence-corrected chi connectivity index (χ4v) is 7.40. The molecule has 0 spiro atoms. The lowest BCUT2D eigenvalue weighted by atomic mass is 10.0. The van der Waals surface area contributed by atoms with E-state index in [0.29, 0.717) is 62.7 Å². The number of phenols is 1. The van der Waals surface area contributed by atoms with Crippen LogP contribution in [0.25, 0.3) is 0 Å². The Morgan fingerprint density at radius 1 is 0.500 bits per heavy atom. The molecule has 74 heavy (non-hydrogen) atoms. The van der Waals surface area contributed by atoms with E-state index in [2.05, 4.69) is 42.2 Å². The number of nitrogens with one attached hydrogen (secondary N) is 7. The maximum atomic E-state index is 14.2. The van der Waals surface area contributed by atoms with Gasteiger partial charge < -0.3 is 87.6 Å². The number of carbonyl (C=O) groups is 9. The first-order valence-electron chi connectivity index (χ1n) is 24.6. The van der Waals surface area contributed by atoms with Crippen LogP contribution in [0.4, 0.5) is 0 Å². The summed E-state index contributed by atoms with van der Waals surface area (Å²) in [6.45, 7) is 0.213. The molecule has 0 unspecified atom stereocenters. The van der Waals surface area contributed by atoms with Crippen molar-refractivity contribution in [3.63, 3.8) is 0 Å². The van der Waals surface area contributed by atoms with E-state index in [1.807, 2.05) is 0 Å². The summed E-state index contributed by atoms with van der Waals surface area (Å²) < 4.78 is 0. The third-order valence-electron chi connectivity index (χ3n) is 11.4. The highest BCUT2D eigenvalue weighted by molar-refractivity contribution is 5.97. The molecule has 26 heteroatoms. The van der Waals surface area contributed by atoms with E-state index < -0.39 is 108 Å². The maximum absolute atomic E-state index is 14.2. The molecular formula is C48H77N15O11. The van der Waals surface area contributed by atoms with Crippen LogP contribution >= 0.6 is 0 Å². The Morgan fingerprint density at radius 2 is 0.919 bits per heavy atom. The van der Waals surface area contributed by atoms with Crippen LogP contribution in [-0.2, 0) is 56.0 Å². The lowest BCUT2D eigenvalue weighted by Crippen LogP contribution is -2.59. The molecule has 0 bridgehead atoms.